The number of aromatic nitrogens is 3. The molecule has 1 aromatic heterocycles. The lowest BCUT2D eigenvalue weighted by atomic mass is 10.1. The fourth-order valence-corrected chi connectivity index (χ4v) is 1.99. The highest BCUT2D eigenvalue weighted by atomic mass is 16.4. The molecule has 1 aliphatic heterocycles. The topological polar surface area (TPSA) is 121 Å². The van der Waals surface area contributed by atoms with Crippen molar-refractivity contribution in [2.75, 3.05) is 19.6 Å². The first-order valence-electron chi connectivity index (χ1n) is 6.53. The van der Waals surface area contributed by atoms with Crippen molar-refractivity contribution in [2.24, 2.45) is 0 Å². The molecule has 0 radical (unpaired) electrons. The standard InChI is InChI=1S/C11H18N6O3/c18-10(19)9-7-17(16-15-9)6-5-13-11(20)14-8-1-3-12-4-2-8/h7-8,12H,1-6H2,(H,18,19)(H2,13,14,20). The Balaban J connectivity index is 1.66. The second kappa shape index (κ2) is 6.85. The molecule has 20 heavy (non-hydrogen) atoms. The Hall–Kier alpha value is -2.16. The number of hydrogen-bond acceptors (Lipinski definition) is 5. The lowest BCUT2D eigenvalue weighted by molar-refractivity contribution is 0.0690. The summed E-state index contributed by atoms with van der Waals surface area (Å²) in [7, 11) is 0. The van der Waals surface area contributed by atoms with E-state index >= 15 is 0 Å². The average Bonchev–Trinajstić information content (AvgIpc) is 2.89. The number of carboxylic acid groups (broad SMARTS) is 1. The number of hydrogen-bond donors (Lipinski definition) is 4. The molecule has 0 aromatic carbocycles. The number of carboxylic acids is 1. The van der Waals surface area contributed by atoms with Gasteiger partial charge in [0.05, 0.1) is 12.7 Å². The molecule has 9 nitrogen and oxygen atoms in total. The fourth-order valence-electron chi connectivity index (χ4n) is 1.99. The van der Waals surface area contributed by atoms with Crippen molar-refractivity contribution in [2.45, 2.75) is 25.4 Å². The van der Waals surface area contributed by atoms with E-state index in [4.69, 9.17) is 5.11 Å². The molecule has 0 unspecified atom stereocenters. The lowest BCUT2D eigenvalue weighted by Gasteiger charge is -2.23. The number of rotatable bonds is 5. The van der Waals surface area contributed by atoms with Crippen LogP contribution in [-0.2, 0) is 6.54 Å². The molecule has 0 aliphatic carbocycles. The zero-order valence-corrected chi connectivity index (χ0v) is 11.0. The van der Waals surface area contributed by atoms with Gasteiger partial charge in [-0.3, -0.25) is 0 Å². The van der Waals surface area contributed by atoms with Crippen molar-refractivity contribution in [3.63, 3.8) is 0 Å². The molecule has 4 N–H and O–H groups in total. The summed E-state index contributed by atoms with van der Waals surface area (Å²) in [5.41, 5.74) is -0.107. The summed E-state index contributed by atoms with van der Waals surface area (Å²) in [6, 6.07) is -0.00305. The Kier molecular flexibility index (Phi) is 4.88. The van der Waals surface area contributed by atoms with Crippen LogP contribution >= 0.6 is 0 Å². The van der Waals surface area contributed by atoms with Crippen LogP contribution in [0.4, 0.5) is 4.79 Å². The minimum Gasteiger partial charge on any atom is -0.476 e. The van der Waals surface area contributed by atoms with Gasteiger partial charge in [0.1, 0.15) is 0 Å². The Bertz CT molecular complexity index is 468. The minimum atomic E-state index is -1.12. The normalized spacial score (nSPS) is 15.8. The third-order valence-electron chi connectivity index (χ3n) is 3.06. The Morgan fingerprint density at radius 1 is 1.45 bits per heavy atom. The summed E-state index contributed by atoms with van der Waals surface area (Å²) in [6.45, 7) is 2.57. The first kappa shape index (κ1) is 14.3. The molecule has 2 heterocycles. The molecule has 2 rings (SSSR count). The van der Waals surface area contributed by atoms with Gasteiger partial charge in [-0.15, -0.1) is 5.10 Å². The van der Waals surface area contributed by atoms with E-state index in [2.05, 4.69) is 26.3 Å². The van der Waals surface area contributed by atoms with Gasteiger partial charge in [0.15, 0.2) is 5.69 Å². The maximum absolute atomic E-state index is 11.6. The molecule has 9 heteroatoms. The monoisotopic (exact) mass is 282 g/mol. The summed E-state index contributed by atoms with van der Waals surface area (Å²) in [5.74, 6) is -1.12. The van der Waals surface area contributed by atoms with Crippen molar-refractivity contribution >= 4 is 12.0 Å². The zero-order chi connectivity index (χ0) is 14.4. The van der Waals surface area contributed by atoms with E-state index in [-0.39, 0.29) is 17.8 Å². The van der Waals surface area contributed by atoms with Crippen LogP contribution in [0.25, 0.3) is 0 Å². The number of piperidine rings is 1. The summed E-state index contributed by atoms with van der Waals surface area (Å²) < 4.78 is 1.38. The molecule has 2 amide bonds. The van der Waals surface area contributed by atoms with Crippen LogP contribution in [0, 0.1) is 0 Å². The van der Waals surface area contributed by atoms with Gasteiger partial charge in [0, 0.05) is 12.6 Å². The predicted octanol–water partition coefficient (Wildman–Crippen LogP) is -0.972. The number of carbonyl (C=O) groups excluding carboxylic acids is 1. The van der Waals surface area contributed by atoms with Gasteiger partial charge in [0.2, 0.25) is 0 Å². The van der Waals surface area contributed by atoms with Gasteiger partial charge in [-0.1, -0.05) is 5.21 Å². The zero-order valence-electron chi connectivity index (χ0n) is 11.0. The molecule has 0 bridgehead atoms. The first-order valence-corrected chi connectivity index (χ1v) is 6.53. The van der Waals surface area contributed by atoms with Gasteiger partial charge in [-0.05, 0) is 25.9 Å². The van der Waals surface area contributed by atoms with Gasteiger partial charge in [-0.25, -0.2) is 14.3 Å². The van der Waals surface area contributed by atoms with E-state index in [0.29, 0.717) is 13.1 Å². The smallest absolute Gasteiger partial charge is 0.358 e. The van der Waals surface area contributed by atoms with E-state index < -0.39 is 5.97 Å². The Morgan fingerprint density at radius 3 is 2.85 bits per heavy atom. The third kappa shape index (κ3) is 4.19. The third-order valence-corrected chi connectivity index (χ3v) is 3.06. The molecule has 0 spiro atoms. The van der Waals surface area contributed by atoms with E-state index in [1.54, 1.807) is 0 Å². The average molecular weight is 282 g/mol. The SMILES string of the molecule is O=C(NCCn1cc(C(=O)O)nn1)NC1CCNCC1. The summed E-state index contributed by atoms with van der Waals surface area (Å²) >= 11 is 0. The molecule has 110 valence electrons. The highest BCUT2D eigenvalue weighted by Gasteiger charge is 2.14. The molecule has 1 fully saturated rings. The first-order chi connectivity index (χ1) is 9.65. The van der Waals surface area contributed by atoms with Crippen molar-refractivity contribution in [3.8, 4) is 0 Å². The number of carbonyl (C=O) groups is 2. The second-order valence-electron chi connectivity index (χ2n) is 4.60. The lowest BCUT2D eigenvalue weighted by Crippen LogP contribution is -2.47. The van der Waals surface area contributed by atoms with Gasteiger partial charge in [0.25, 0.3) is 0 Å². The quantitative estimate of drug-likeness (QED) is 0.551. The van der Waals surface area contributed by atoms with E-state index in [0.717, 1.165) is 25.9 Å². The fraction of sp³-hybridized carbons (Fsp3) is 0.636. The largest absolute Gasteiger partial charge is 0.476 e. The van der Waals surface area contributed by atoms with Gasteiger partial charge in [-0.2, -0.15) is 0 Å². The summed E-state index contributed by atoms with van der Waals surface area (Å²) in [4.78, 5) is 22.2. The van der Waals surface area contributed by atoms with Crippen LogP contribution in [0.1, 0.15) is 23.3 Å². The van der Waals surface area contributed by atoms with Crippen molar-refractivity contribution < 1.29 is 14.7 Å². The maximum atomic E-state index is 11.6. The molecule has 0 atom stereocenters. The van der Waals surface area contributed by atoms with Gasteiger partial charge >= 0.3 is 12.0 Å². The summed E-state index contributed by atoms with van der Waals surface area (Å²) in [6.07, 6.45) is 3.19. The number of amides is 2. The second-order valence-corrected chi connectivity index (χ2v) is 4.60. The van der Waals surface area contributed by atoms with E-state index in [1.165, 1.54) is 10.9 Å². The number of aromatic carboxylic acids is 1. The van der Waals surface area contributed by atoms with Crippen LogP contribution in [-0.4, -0.2) is 57.8 Å². The molecule has 1 aliphatic rings. The molecule has 1 aromatic rings. The molecule has 0 saturated carbocycles. The highest BCUT2D eigenvalue weighted by Crippen LogP contribution is 2.01. The van der Waals surface area contributed by atoms with Crippen molar-refractivity contribution in [1.82, 2.24) is 30.9 Å². The van der Waals surface area contributed by atoms with Crippen LogP contribution in [0.2, 0.25) is 0 Å². The van der Waals surface area contributed by atoms with Crippen molar-refractivity contribution in [1.29, 1.82) is 0 Å². The van der Waals surface area contributed by atoms with Crippen LogP contribution in [0.3, 0.4) is 0 Å². The van der Waals surface area contributed by atoms with Crippen LogP contribution < -0.4 is 16.0 Å². The number of nitrogens with zero attached hydrogens (tertiary/aromatic N) is 3. The highest BCUT2D eigenvalue weighted by molar-refractivity contribution is 5.84. The number of urea groups is 1. The summed E-state index contributed by atoms with van der Waals surface area (Å²) in [5, 5.41) is 24.7. The van der Waals surface area contributed by atoms with Crippen molar-refractivity contribution in [3.05, 3.63) is 11.9 Å². The maximum Gasteiger partial charge on any atom is 0.358 e. The molecular formula is C11H18N6O3. The molecule has 1 saturated heterocycles. The van der Waals surface area contributed by atoms with Crippen LogP contribution in [0.15, 0.2) is 6.20 Å². The van der Waals surface area contributed by atoms with Gasteiger partial charge < -0.3 is 21.1 Å². The number of nitrogens with one attached hydrogen (secondary N) is 3. The minimum absolute atomic E-state index is 0.107. The van der Waals surface area contributed by atoms with E-state index in [1.807, 2.05) is 0 Å². The van der Waals surface area contributed by atoms with E-state index in [9.17, 15) is 9.59 Å². The van der Waals surface area contributed by atoms with Crippen LogP contribution in [0.5, 0.6) is 0 Å². The Labute approximate surface area is 115 Å². The molecular weight excluding hydrogens is 264 g/mol. The Morgan fingerprint density at radius 2 is 2.20 bits per heavy atom. The predicted molar refractivity (Wildman–Crippen MR) is 69.4 cm³/mol.